The number of nitrogens with zero attached hydrogens (tertiary/aromatic N) is 5. The van der Waals surface area contributed by atoms with E-state index in [0.717, 1.165) is 12.1 Å². The molecule has 0 spiro atoms. The average Bonchev–Trinajstić information content (AvgIpc) is 3.12. The number of halogens is 4. The number of fused-ring (bicyclic) bond motifs is 1. The lowest BCUT2D eigenvalue weighted by Crippen LogP contribution is -2.16. The van der Waals surface area contributed by atoms with Gasteiger partial charge in [0.2, 0.25) is 0 Å². The number of aromatic nitrogens is 5. The predicted molar refractivity (Wildman–Crippen MR) is 93.4 cm³/mol. The minimum Gasteiger partial charge on any atom is -0.305 e. The van der Waals surface area contributed by atoms with Crippen molar-refractivity contribution in [2.45, 2.75) is 6.18 Å². The van der Waals surface area contributed by atoms with Gasteiger partial charge in [0.1, 0.15) is 18.0 Å². The number of hydrogen-bond acceptors (Lipinski definition) is 5. The van der Waals surface area contributed by atoms with Crippen LogP contribution in [0, 0.1) is 5.82 Å². The highest BCUT2D eigenvalue weighted by atomic mass is 19.4. The van der Waals surface area contributed by atoms with Crippen LogP contribution < -0.4 is 5.32 Å². The molecule has 0 aliphatic carbocycles. The Labute approximate surface area is 160 Å². The van der Waals surface area contributed by atoms with Crippen LogP contribution in [0.4, 0.5) is 23.4 Å². The molecule has 11 heteroatoms. The zero-order valence-corrected chi connectivity index (χ0v) is 14.4. The molecule has 29 heavy (non-hydrogen) atoms. The molecule has 3 heterocycles. The molecule has 4 rings (SSSR count). The van der Waals surface area contributed by atoms with Gasteiger partial charge in [0.05, 0.1) is 11.3 Å². The number of anilines is 1. The van der Waals surface area contributed by atoms with Crippen LogP contribution in [0.15, 0.2) is 55.4 Å². The summed E-state index contributed by atoms with van der Waals surface area (Å²) < 4.78 is 54.7. The quantitative estimate of drug-likeness (QED) is 0.530. The summed E-state index contributed by atoms with van der Waals surface area (Å²) in [5.41, 5.74) is -1.65. The lowest BCUT2D eigenvalue weighted by atomic mass is 10.0. The van der Waals surface area contributed by atoms with Crippen molar-refractivity contribution in [3.8, 4) is 11.3 Å². The predicted octanol–water partition coefficient (Wildman–Crippen LogP) is 3.60. The first-order valence-electron chi connectivity index (χ1n) is 8.11. The lowest BCUT2D eigenvalue weighted by Gasteiger charge is -2.11. The van der Waals surface area contributed by atoms with Gasteiger partial charge in [-0.05, 0) is 24.3 Å². The van der Waals surface area contributed by atoms with Crippen molar-refractivity contribution in [1.29, 1.82) is 0 Å². The summed E-state index contributed by atoms with van der Waals surface area (Å²) in [6, 6.07) is 3.77. The lowest BCUT2D eigenvalue weighted by molar-refractivity contribution is -0.137. The highest BCUT2D eigenvalue weighted by molar-refractivity contribution is 6.06. The SMILES string of the molecule is O=C(Nc1ccncn1)c1nccn2cc(-c3ccc(F)cc3C(F)(F)F)nc12. The van der Waals surface area contributed by atoms with Crippen LogP contribution >= 0.6 is 0 Å². The standard InChI is InChI=1S/C18H10F4N6O/c19-10-1-2-11(12(7-10)18(20,21)22)13-8-28-6-5-24-15(16(28)26-13)17(29)27-14-3-4-23-9-25-14/h1-9H,(H,23,25,27,29). The molecule has 0 bridgehead atoms. The van der Waals surface area contributed by atoms with Crippen LogP contribution in [0.25, 0.3) is 16.9 Å². The Morgan fingerprint density at radius 2 is 1.93 bits per heavy atom. The molecule has 1 amide bonds. The Morgan fingerprint density at radius 1 is 1.10 bits per heavy atom. The first kappa shape index (κ1) is 18.5. The van der Waals surface area contributed by atoms with Gasteiger partial charge < -0.3 is 9.72 Å². The molecule has 4 aromatic rings. The molecule has 0 unspecified atom stereocenters. The van der Waals surface area contributed by atoms with Gasteiger partial charge >= 0.3 is 6.18 Å². The maximum atomic E-state index is 13.4. The van der Waals surface area contributed by atoms with E-state index in [-0.39, 0.29) is 28.4 Å². The smallest absolute Gasteiger partial charge is 0.305 e. The Morgan fingerprint density at radius 3 is 2.66 bits per heavy atom. The van der Waals surface area contributed by atoms with Crippen LogP contribution in [0.2, 0.25) is 0 Å². The number of amides is 1. The monoisotopic (exact) mass is 402 g/mol. The Bertz CT molecular complexity index is 1210. The number of carbonyl (C=O) groups is 1. The Kier molecular flexibility index (Phi) is 4.41. The fourth-order valence-electron chi connectivity index (χ4n) is 2.72. The van der Waals surface area contributed by atoms with Crippen molar-refractivity contribution in [3.05, 3.63) is 72.5 Å². The van der Waals surface area contributed by atoms with E-state index in [2.05, 4.69) is 25.3 Å². The molecule has 0 saturated heterocycles. The summed E-state index contributed by atoms with van der Waals surface area (Å²) in [6.45, 7) is 0. The molecule has 0 saturated carbocycles. The molecule has 0 aliphatic heterocycles. The fourth-order valence-corrected chi connectivity index (χ4v) is 2.72. The molecule has 0 atom stereocenters. The molecule has 146 valence electrons. The van der Waals surface area contributed by atoms with Crippen LogP contribution in [0.3, 0.4) is 0 Å². The third-order valence-corrected chi connectivity index (χ3v) is 3.98. The second kappa shape index (κ2) is 6.93. The van der Waals surface area contributed by atoms with Gasteiger partial charge in [-0.25, -0.2) is 24.3 Å². The van der Waals surface area contributed by atoms with Crippen LogP contribution in [0.5, 0.6) is 0 Å². The highest BCUT2D eigenvalue weighted by Crippen LogP contribution is 2.37. The van der Waals surface area contributed by atoms with Crippen LogP contribution in [0.1, 0.15) is 16.1 Å². The van der Waals surface area contributed by atoms with E-state index in [4.69, 9.17) is 0 Å². The maximum Gasteiger partial charge on any atom is 0.417 e. The van der Waals surface area contributed by atoms with Crippen molar-refractivity contribution in [2.24, 2.45) is 0 Å². The number of carbonyl (C=O) groups excluding carboxylic acids is 1. The molecule has 0 aliphatic rings. The summed E-state index contributed by atoms with van der Waals surface area (Å²) in [6.07, 6.45) is 1.94. The average molecular weight is 402 g/mol. The third kappa shape index (κ3) is 3.61. The Balaban J connectivity index is 1.79. The number of nitrogens with one attached hydrogen (secondary N) is 1. The highest BCUT2D eigenvalue weighted by Gasteiger charge is 2.35. The third-order valence-electron chi connectivity index (χ3n) is 3.98. The van der Waals surface area contributed by atoms with Crippen molar-refractivity contribution in [1.82, 2.24) is 24.3 Å². The largest absolute Gasteiger partial charge is 0.417 e. The topological polar surface area (TPSA) is 85.1 Å². The van der Waals surface area contributed by atoms with Crippen molar-refractivity contribution in [2.75, 3.05) is 5.32 Å². The van der Waals surface area contributed by atoms with Crippen molar-refractivity contribution >= 4 is 17.4 Å². The van der Waals surface area contributed by atoms with Gasteiger partial charge in [-0.15, -0.1) is 0 Å². The van der Waals surface area contributed by atoms with E-state index >= 15 is 0 Å². The van der Waals surface area contributed by atoms with Gasteiger partial charge in [0.25, 0.3) is 5.91 Å². The number of hydrogen-bond donors (Lipinski definition) is 1. The molecule has 7 nitrogen and oxygen atoms in total. The summed E-state index contributed by atoms with van der Waals surface area (Å²) >= 11 is 0. The van der Waals surface area contributed by atoms with Gasteiger partial charge in [-0.2, -0.15) is 13.2 Å². The number of imidazole rings is 1. The fraction of sp³-hybridized carbons (Fsp3) is 0.0556. The first-order chi connectivity index (χ1) is 13.8. The normalized spacial score (nSPS) is 11.6. The first-order valence-corrected chi connectivity index (χ1v) is 8.11. The summed E-state index contributed by atoms with van der Waals surface area (Å²) in [7, 11) is 0. The van der Waals surface area contributed by atoms with Crippen LogP contribution in [-0.4, -0.2) is 30.2 Å². The summed E-state index contributed by atoms with van der Waals surface area (Å²) in [5, 5.41) is 2.51. The minimum absolute atomic E-state index is 0.0338. The van der Waals surface area contributed by atoms with E-state index in [1.165, 1.54) is 41.6 Å². The maximum absolute atomic E-state index is 13.4. The van der Waals surface area contributed by atoms with Crippen LogP contribution in [-0.2, 0) is 6.18 Å². The molecule has 0 radical (unpaired) electrons. The number of rotatable bonds is 3. The summed E-state index contributed by atoms with van der Waals surface area (Å²) in [4.78, 5) is 28.2. The zero-order valence-electron chi connectivity index (χ0n) is 14.4. The number of benzene rings is 1. The molecule has 1 aromatic carbocycles. The van der Waals surface area contributed by atoms with Gasteiger partial charge in [-0.1, -0.05) is 0 Å². The Hall–Kier alpha value is -3.89. The van der Waals surface area contributed by atoms with E-state index in [1.807, 2.05) is 0 Å². The second-order valence-corrected chi connectivity index (χ2v) is 5.87. The van der Waals surface area contributed by atoms with Gasteiger partial charge in [-0.3, -0.25) is 4.79 Å². The molecule has 3 aromatic heterocycles. The van der Waals surface area contributed by atoms with Crippen molar-refractivity contribution < 1.29 is 22.4 Å². The minimum atomic E-state index is -4.78. The van der Waals surface area contributed by atoms with Gasteiger partial charge in [0.15, 0.2) is 11.3 Å². The van der Waals surface area contributed by atoms with E-state index in [9.17, 15) is 22.4 Å². The van der Waals surface area contributed by atoms with E-state index in [1.54, 1.807) is 0 Å². The summed E-state index contributed by atoms with van der Waals surface area (Å²) in [5.74, 6) is -1.45. The zero-order chi connectivity index (χ0) is 20.6. The number of alkyl halides is 3. The van der Waals surface area contributed by atoms with Crippen molar-refractivity contribution in [3.63, 3.8) is 0 Å². The van der Waals surface area contributed by atoms with E-state index in [0.29, 0.717) is 6.07 Å². The molecular formula is C18H10F4N6O. The molecule has 0 fully saturated rings. The second-order valence-electron chi connectivity index (χ2n) is 5.87. The van der Waals surface area contributed by atoms with E-state index < -0.39 is 23.5 Å². The molecule has 1 N–H and O–H groups in total. The van der Waals surface area contributed by atoms with Gasteiger partial charge in [0, 0.05) is 30.4 Å². The molecular weight excluding hydrogens is 392 g/mol.